The Morgan fingerprint density at radius 3 is 2.65 bits per heavy atom. The number of methoxy groups -OCH3 is 2. The third-order valence-electron chi connectivity index (χ3n) is 3.23. The lowest BCUT2D eigenvalue weighted by Crippen LogP contribution is -2.20. The van der Waals surface area contributed by atoms with E-state index in [-0.39, 0.29) is 6.04 Å². The highest BCUT2D eigenvalue weighted by atomic mass is 32.1. The summed E-state index contributed by atoms with van der Waals surface area (Å²) < 4.78 is 10.6. The highest BCUT2D eigenvalue weighted by molar-refractivity contribution is 7.07. The van der Waals surface area contributed by atoms with Gasteiger partial charge in [-0.15, -0.1) is 11.3 Å². The number of rotatable bonds is 7. The largest absolute Gasteiger partial charge is 0.493 e. The summed E-state index contributed by atoms with van der Waals surface area (Å²) in [5.74, 6) is 1.52. The van der Waals surface area contributed by atoms with Crippen LogP contribution in [0.1, 0.15) is 30.6 Å². The number of nitrogens with zero attached hydrogens (tertiary/aromatic N) is 1. The zero-order chi connectivity index (χ0) is 14.4. The van der Waals surface area contributed by atoms with Gasteiger partial charge in [0.25, 0.3) is 0 Å². The Labute approximate surface area is 123 Å². The zero-order valence-electron chi connectivity index (χ0n) is 12.1. The molecule has 5 heteroatoms. The molecule has 4 nitrogen and oxygen atoms in total. The molecule has 0 bridgehead atoms. The van der Waals surface area contributed by atoms with Crippen molar-refractivity contribution < 1.29 is 9.47 Å². The van der Waals surface area contributed by atoms with E-state index in [0.29, 0.717) is 0 Å². The van der Waals surface area contributed by atoms with Gasteiger partial charge in [-0.3, -0.25) is 0 Å². The van der Waals surface area contributed by atoms with Crippen LogP contribution in [0.25, 0.3) is 0 Å². The van der Waals surface area contributed by atoms with E-state index in [1.807, 2.05) is 17.6 Å². The number of nitrogens with one attached hydrogen (secondary N) is 1. The van der Waals surface area contributed by atoms with Crippen molar-refractivity contribution in [3.05, 3.63) is 40.3 Å². The molecule has 0 spiro atoms. The minimum Gasteiger partial charge on any atom is -0.493 e. The number of hydrogen-bond acceptors (Lipinski definition) is 5. The molecule has 2 rings (SSSR count). The van der Waals surface area contributed by atoms with Gasteiger partial charge in [0.1, 0.15) is 0 Å². The highest BCUT2D eigenvalue weighted by Crippen LogP contribution is 2.30. The number of aromatic nitrogens is 1. The van der Waals surface area contributed by atoms with Crippen LogP contribution in [-0.4, -0.2) is 19.2 Å². The van der Waals surface area contributed by atoms with E-state index >= 15 is 0 Å². The quantitative estimate of drug-likeness (QED) is 0.849. The smallest absolute Gasteiger partial charge is 0.161 e. The molecule has 0 aliphatic carbocycles. The molecule has 1 atom stereocenters. The summed E-state index contributed by atoms with van der Waals surface area (Å²) in [6.45, 7) is 2.94. The molecule has 2 aromatic rings. The summed E-state index contributed by atoms with van der Waals surface area (Å²) in [5, 5.41) is 5.59. The van der Waals surface area contributed by atoms with Crippen molar-refractivity contribution in [3.8, 4) is 11.5 Å². The molecule has 0 fully saturated rings. The average molecular weight is 292 g/mol. The van der Waals surface area contributed by atoms with Crippen LogP contribution in [0.4, 0.5) is 0 Å². The maximum atomic E-state index is 5.36. The predicted molar refractivity (Wildman–Crippen MR) is 81.5 cm³/mol. The summed E-state index contributed by atoms with van der Waals surface area (Å²) in [5.41, 5.74) is 4.13. The second-order valence-corrected chi connectivity index (χ2v) is 5.15. The van der Waals surface area contributed by atoms with Crippen molar-refractivity contribution in [2.75, 3.05) is 14.2 Å². The van der Waals surface area contributed by atoms with Crippen LogP contribution in [0.2, 0.25) is 0 Å². The Hall–Kier alpha value is -1.59. The molecule has 0 saturated heterocycles. The first kappa shape index (κ1) is 14.8. The second kappa shape index (κ2) is 7.26. The van der Waals surface area contributed by atoms with E-state index in [1.54, 1.807) is 25.6 Å². The summed E-state index contributed by atoms with van der Waals surface area (Å²) >= 11 is 1.62. The van der Waals surface area contributed by atoms with Crippen molar-refractivity contribution >= 4 is 11.3 Å². The van der Waals surface area contributed by atoms with Crippen molar-refractivity contribution in [2.45, 2.75) is 25.9 Å². The van der Waals surface area contributed by atoms with Gasteiger partial charge in [-0.25, -0.2) is 4.98 Å². The first-order chi connectivity index (χ1) is 9.78. The molecule has 1 N–H and O–H groups in total. The fourth-order valence-electron chi connectivity index (χ4n) is 2.12. The molecule has 0 radical (unpaired) electrons. The summed E-state index contributed by atoms with van der Waals surface area (Å²) in [6, 6.07) is 6.32. The van der Waals surface area contributed by atoms with E-state index < -0.39 is 0 Å². The number of hydrogen-bond donors (Lipinski definition) is 1. The first-order valence-electron chi connectivity index (χ1n) is 6.60. The van der Waals surface area contributed by atoms with Crippen LogP contribution in [0.15, 0.2) is 29.1 Å². The highest BCUT2D eigenvalue weighted by Gasteiger charge is 2.12. The van der Waals surface area contributed by atoms with Crippen LogP contribution in [0.5, 0.6) is 11.5 Å². The summed E-state index contributed by atoms with van der Waals surface area (Å²) in [6.07, 6.45) is 1.000. The predicted octanol–water partition coefficient (Wildman–Crippen LogP) is 3.40. The van der Waals surface area contributed by atoms with Crippen LogP contribution in [0, 0.1) is 0 Å². The van der Waals surface area contributed by atoms with E-state index in [2.05, 4.69) is 28.7 Å². The number of thiazole rings is 1. The second-order valence-electron chi connectivity index (χ2n) is 4.44. The molecule has 108 valence electrons. The molecule has 1 heterocycles. The Bertz CT molecular complexity index is 529. The fourth-order valence-corrected chi connectivity index (χ4v) is 2.68. The van der Waals surface area contributed by atoms with Crippen LogP contribution < -0.4 is 14.8 Å². The Morgan fingerprint density at radius 2 is 2.05 bits per heavy atom. The molecule has 1 unspecified atom stereocenters. The molecular weight excluding hydrogens is 272 g/mol. The van der Waals surface area contributed by atoms with Gasteiger partial charge in [0.05, 0.1) is 25.4 Å². The molecule has 0 amide bonds. The molecule has 1 aromatic heterocycles. The Kier molecular flexibility index (Phi) is 5.38. The lowest BCUT2D eigenvalue weighted by Gasteiger charge is -2.18. The van der Waals surface area contributed by atoms with E-state index in [4.69, 9.17) is 9.47 Å². The van der Waals surface area contributed by atoms with Crippen molar-refractivity contribution in [2.24, 2.45) is 0 Å². The van der Waals surface area contributed by atoms with Crippen molar-refractivity contribution in [1.82, 2.24) is 10.3 Å². The van der Waals surface area contributed by atoms with Gasteiger partial charge < -0.3 is 14.8 Å². The monoisotopic (exact) mass is 292 g/mol. The first-order valence-corrected chi connectivity index (χ1v) is 7.55. The van der Waals surface area contributed by atoms with Crippen LogP contribution >= 0.6 is 11.3 Å². The van der Waals surface area contributed by atoms with Gasteiger partial charge in [0.2, 0.25) is 0 Å². The van der Waals surface area contributed by atoms with E-state index in [9.17, 15) is 0 Å². The normalized spacial score (nSPS) is 12.2. The molecule has 0 aliphatic rings. The number of benzene rings is 1. The maximum absolute atomic E-state index is 5.36. The average Bonchev–Trinajstić information content (AvgIpc) is 3.01. The lowest BCUT2D eigenvalue weighted by molar-refractivity contribution is 0.353. The molecule has 0 saturated carbocycles. The van der Waals surface area contributed by atoms with Gasteiger partial charge in [-0.2, -0.15) is 0 Å². The third-order valence-corrected chi connectivity index (χ3v) is 3.87. The van der Waals surface area contributed by atoms with E-state index in [0.717, 1.165) is 30.2 Å². The third kappa shape index (κ3) is 3.49. The SMILES string of the molecule is CCC(NCc1cscn1)c1ccc(OC)c(OC)c1. The topological polar surface area (TPSA) is 43.4 Å². The maximum Gasteiger partial charge on any atom is 0.161 e. The zero-order valence-corrected chi connectivity index (χ0v) is 12.9. The van der Waals surface area contributed by atoms with Crippen LogP contribution in [0.3, 0.4) is 0 Å². The van der Waals surface area contributed by atoms with Gasteiger partial charge in [-0.05, 0) is 24.1 Å². The van der Waals surface area contributed by atoms with Crippen molar-refractivity contribution in [1.29, 1.82) is 0 Å². The summed E-state index contributed by atoms with van der Waals surface area (Å²) in [7, 11) is 3.31. The minimum atomic E-state index is 0.275. The molecule has 0 aliphatic heterocycles. The van der Waals surface area contributed by atoms with Gasteiger partial charge in [0, 0.05) is 18.0 Å². The fraction of sp³-hybridized carbons (Fsp3) is 0.400. The Morgan fingerprint density at radius 1 is 1.25 bits per heavy atom. The van der Waals surface area contributed by atoms with Gasteiger partial charge in [0.15, 0.2) is 11.5 Å². The van der Waals surface area contributed by atoms with Crippen molar-refractivity contribution in [3.63, 3.8) is 0 Å². The lowest BCUT2D eigenvalue weighted by atomic mass is 10.0. The molecular formula is C15H20N2O2S. The standard InChI is InChI=1S/C15H20N2O2S/c1-4-13(16-8-12-9-20-10-17-12)11-5-6-14(18-2)15(7-11)19-3/h5-7,9-10,13,16H,4,8H2,1-3H3. The summed E-state index contributed by atoms with van der Waals surface area (Å²) in [4.78, 5) is 4.29. The van der Waals surface area contributed by atoms with Gasteiger partial charge >= 0.3 is 0 Å². The minimum absolute atomic E-state index is 0.275. The number of ether oxygens (including phenoxy) is 2. The van der Waals surface area contributed by atoms with Gasteiger partial charge in [-0.1, -0.05) is 13.0 Å². The Balaban J connectivity index is 2.10. The van der Waals surface area contributed by atoms with E-state index in [1.165, 1.54) is 5.56 Å². The molecule has 1 aromatic carbocycles. The molecule has 20 heavy (non-hydrogen) atoms. The van der Waals surface area contributed by atoms with Crippen LogP contribution in [-0.2, 0) is 6.54 Å².